The lowest BCUT2D eigenvalue weighted by Crippen LogP contribution is -1.98. The molecule has 1 aromatic heterocycles. The molecular formula is C35H50N2O. The second-order valence-corrected chi connectivity index (χ2v) is 10.8. The van der Waals surface area contributed by atoms with E-state index in [0.717, 1.165) is 17.8 Å². The minimum atomic E-state index is 0.536. The van der Waals surface area contributed by atoms with Crippen molar-refractivity contribution in [1.82, 2.24) is 9.97 Å². The van der Waals surface area contributed by atoms with Crippen molar-refractivity contribution in [2.75, 3.05) is 0 Å². The fourth-order valence-electron chi connectivity index (χ4n) is 4.90. The Labute approximate surface area is 232 Å². The molecule has 0 radical (unpaired) electrons. The molecule has 3 nitrogen and oxygen atoms in total. The summed E-state index contributed by atoms with van der Waals surface area (Å²) in [4.78, 5) is 9.08. The van der Waals surface area contributed by atoms with Crippen LogP contribution in [0.5, 0.6) is 5.75 Å². The van der Waals surface area contributed by atoms with Crippen molar-refractivity contribution in [1.29, 1.82) is 0 Å². The molecule has 0 bridgehead atoms. The summed E-state index contributed by atoms with van der Waals surface area (Å²) in [6, 6.07) is 17.6. The van der Waals surface area contributed by atoms with Crippen LogP contribution >= 0.6 is 0 Å². The monoisotopic (exact) mass is 514 g/mol. The number of aryl methyl sites for hydroxylation is 2. The van der Waals surface area contributed by atoms with Gasteiger partial charge in [-0.25, -0.2) is 9.97 Å². The summed E-state index contributed by atoms with van der Waals surface area (Å²) in [5, 5.41) is 0. The van der Waals surface area contributed by atoms with Crippen LogP contribution < -0.4 is 4.74 Å². The van der Waals surface area contributed by atoms with Gasteiger partial charge in [-0.3, -0.25) is 0 Å². The molecule has 0 aliphatic carbocycles. The third-order valence-electron chi connectivity index (χ3n) is 7.41. The standard InChI is InChI=1S/C35H50N2O/c1-3-5-7-9-11-12-14-16-17-30-19-21-32(22-20-30)29-38-34-27-36-35(37-28-34)33-25-23-31(24-26-33)18-15-13-10-8-6-4-2/h19-28H,3-18,29H2,1-2H3. The summed E-state index contributed by atoms with van der Waals surface area (Å²) < 4.78 is 5.95. The van der Waals surface area contributed by atoms with Crippen LogP contribution in [-0.2, 0) is 19.4 Å². The van der Waals surface area contributed by atoms with Gasteiger partial charge in [0.2, 0.25) is 0 Å². The van der Waals surface area contributed by atoms with E-state index >= 15 is 0 Å². The van der Waals surface area contributed by atoms with E-state index in [1.165, 1.54) is 113 Å². The van der Waals surface area contributed by atoms with Gasteiger partial charge >= 0.3 is 0 Å². The summed E-state index contributed by atoms with van der Waals surface area (Å²) in [6.07, 6.45) is 24.8. The molecule has 2 aromatic carbocycles. The molecule has 0 N–H and O–H groups in total. The Morgan fingerprint density at radius 2 is 0.921 bits per heavy atom. The summed E-state index contributed by atoms with van der Waals surface area (Å²) in [7, 11) is 0. The Morgan fingerprint density at radius 1 is 0.500 bits per heavy atom. The molecule has 1 heterocycles. The highest BCUT2D eigenvalue weighted by Gasteiger charge is 2.04. The summed E-state index contributed by atoms with van der Waals surface area (Å²) in [5.74, 6) is 1.45. The molecule has 3 rings (SSSR count). The van der Waals surface area contributed by atoms with Gasteiger partial charge in [-0.2, -0.15) is 0 Å². The average molecular weight is 515 g/mol. The minimum Gasteiger partial charge on any atom is -0.486 e. The minimum absolute atomic E-state index is 0.536. The Bertz CT molecular complexity index is 980. The first kappa shape index (κ1) is 29.9. The molecule has 0 atom stereocenters. The Hall–Kier alpha value is -2.68. The van der Waals surface area contributed by atoms with Crippen LogP contribution in [0.15, 0.2) is 60.9 Å². The van der Waals surface area contributed by atoms with Gasteiger partial charge in [-0.15, -0.1) is 0 Å². The fourth-order valence-corrected chi connectivity index (χ4v) is 4.90. The molecule has 3 heteroatoms. The number of unbranched alkanes of at least 4 members (excludes halogenated alkanes) is 12. The second-order valence-electron chi connectivity index (χ2n) is 10.8. The van der Waals surface area contributed by atoms with Crippen LogP contribution in [0.4, 0.5) is 0 Å². The molecule has 206 valence electrons. The number of ether oxygens (including phenoxy) is 1. The molecule has 0 amide bonds. The Morgan fingerprint density at radius 3 is 1.42 bits per heavy atom. The quantitative estimate of drug-likeness (QED) is 0.141. The van der Waals surface area contributed by atoms with Crippen molar-refractivity contribution in [2.24, 2.45) is 0 Å². The SMILES string of the molecule is CCCCCCCCCCc1ccc(COc2cnc(-c3ccc(CCCCCCCC)cc3)nc2)cc1. The topological polar surface area (TPSA) is 35.0 Å². The van der Waals surface area contributed by atoms with E-state index in [-0.39, 0.29) is 0 Å². The van der Waals surface area contributed by atoms with Crippen molar-refractivity contribution >= 4 is 0 Å². The molecule has 38 heavy (non-hydrogen) atoms. The lowest BCUT2D eigenvalue weighted by Gasteiger charge is -2.08. The van der Waals surface area contributed by atoms with Gasteiger partial charge in [0, 0.05) is 5.56 Å². The number of rotatable bonds is 20. The first-order valence-corrected chi connectivity index (χ1v) is 15.4. The predicted molar refractivity (Wildman–Crippen MR) is 162 cm³/mol. The molecule has 0 spiro atoms. The van der Waals surface area contributed by atoms with Gasteiger partial charge in [-0.1, -0.05) is 139 Å². The van der Waals surface area contributed by atoms with E-state index in [1.54, 1.807) is 12.4 Å². The maximum absolute atomic E-state index is 5.95. The van der Waals surface area contributed by atoms with E-state index in [9.17, 15) is 0 Å². The lowest BCUT2D eigenvalue weighted by molar-refractivity contribution is 0.303. The largest absolute Gasteiger partial charge is 0.486 e. The Kier molecular flexibility index (Phi) is 14.6. The Balaban J connectivity index is 1.34. The van der Waals surface area contributed by atoms with Crippen molar-refractivity contribution < 1.29 is 4.74 Å². The second kappa shape index (κ2) is 18.6. The van der Waals surface area contributed by atoms with Gasteiger partial charge < -0.3 is 4.74 Å². The van der Waals surface area contributed by atoms with E-state index in [2.05, 4.69) is 72.3 Å². The van der Waals surface area contributed by atoms with E-state index < -0.39 is 0 Å². The molecule has 0 saturated heterocycles. The van der Waals surface area contributed by atoms with Crippen molar-refractivity contribution in [3.05, 3.63) is 77.6 Å². The molecule has 0 aliphatic rings. The zero-order valence-corrected chi connectivity index (χ0v) is 24.1. The zero-order chi connectivity index (χ0) is 26.7. The van der Waals surface area contributed by atoms with Crippen LogP contribution in [0.1, 0.15) is 120 Å². The van der Waals surface area contributed by atoms with E-state index in [4.69, 9.17) is 4.74 Å². The summed E-state index contributed by atoms with van der Waals surface area (Å²) in [6.45, 7) is 5.08. The predicted octanol–water partition coefficient (Wildman–Crippen LogP) is 10.3. The molecule has 0 saturated carbocycles. The van der Waals surface area contributed by atoms with Crippen LogP contribution in [-0.4, -0.2) is 9.97 Å². The van der Waals surface area contributed by atoms with Gasteiger partial charge in [0.25, 0.3) is 0 Å². The molecule has 0 aliphatic heterocycles. The smallest absolute Gasteiger partial charge is 0.159 e. The van der Waals surface area contributed by atoms with Crippen LogP contribution in [0.25, 0.3) is 11.4 Å². The molecule has 3 aromatic rings. The number of nitrogens with zero attached hydrogens (tertiary/aromatic N) is 2. The number of hydrogen-bond donors (Lipinski definition) is 0. The van der Waals surface area contributed by atoms with Crippen molar-refractivity contribution in [2.45, 2.75) is 123 Å². The van der Waals surface area contributed by atoms with Crippen molar-refractivity contribution in [3.8, 4) is 17.1 Å². The summed E-state index contributed by atoms with van der Waals surface area (Å²) in [5.41, 5.74) is 5.04. The number of benzene rings is 2. The maximum Gasteiger partial charge on any atom is 0.159 e. The molecular weight excluding hydrogens is 464 g/mol. The molecule has 0 unspecified atom stereocenters. The fraction of sp³-hybridized carbons (Fsp3) is 0.543. The highest BCUT2D eigenvalue weighted by molar-refractivity contribution is 5.55. The van der Waals surface area contributed by atoms with Crippen molar-refractivity contribution in [3.63, 3.8) is 0 Å². The molecule has 0 fully saturated rings. The highest BCUT2D eigenvalue weighted by atomic mass is 16.5. The lowest BCUT2D eigenvalue weighted by atomic mass is 10.0. The van der Waals surface area contributed by atoms with Gasteiger partial charge in [-0.05, 0) is 42.4 Å². The zero-order valence-electron chi connectivity index (χ0n) is 24.1. The third-order valence-corrected chi connectivity index (χ3v) is 7.41. The maximum atomic E-state index is 5.95. The highest BCUT2D eigenvalue weighted by Crippen LogP contribution is 2.20. The van der Waals surface area contributed by atoms with Gasteiger partial charge in [0.15, 0.2) is 11.6 Å². The first-order valence-electron chi connectivity index (χ1n) is 15.4. The average Bonchev–Trinajstić information content (AvgIpc) is 2.96. The summed E-state index contributed by atoms with van der Waals surface area (Å²) >= 11 is 0. The van der Waals surface area contributed by atoms with E-state index in [0.29, 0.717) is 12.4 Å². The first-order chi connectivity index (χ1) is 18.8. The van der Waals surface area contributed by atoms with Gasteiger partial charge in [0.05, 0.1) is 12.4 Å². The van der Waals surface area contributed by atoms with Crippen LogP contribution in [0.2, 0.25) is 0 Å². The van der Waals surface area contributed by atoms with Crippen LogP contribution in [0.3, 0.4) is 0 Å². The normalized spacial score (nSPS) is 11.1. The number of hydrogen-bond acceptors (Lipinski definition) is 3. The number of aromatic nitrogens is 2. The van der Waals surface area contributed by atoms with E-state index in [1.807, 2.05) is 0 Å². The third kappa shape index (κ3) is 11.8. The van der Waals surface area contributed by atoms with Crippen LogP contribution in [0, 0.1) is 0 Å². The van der Waals surface area contributed by atoms with Gasteiger partial charge in [0.1, 0.15) is 6.61 Å².